The second-order valence-corrected chi connectivity index (χ2v) is 4.18. The Hall–Kier alpha value is -0.220. The van der Waals surface area contributed by atoms with Crippen molar-refractivity contribution in [2.24, 2.45) is 5.41 Å². The van der Waals surface area contributed by atoms with Gasteiger partial charge in [-0.3, -0.25) is 0 Å². The number of aliphatic hydroxyl groups is 1. The lowest BCUT2D eigenvalue weighted by atomic mass is 9.97. The first-order chi connectivity index (χ1) is 5.27. The molecule has 0 saturated heterocycles. The normalized spacial score (nSPS) is 13.5. The average molecular weight is 181 g/mol. The van der Waals surface area contributed by atoms with E-state index < -0.39 is 19.1 Å². The molecule has 0 spiro atoms. The number of halogens is 2. The molecule has 0 radical (unpaired) electrons. The van der Waals surface area contributed by atoms with Crippen LogP contribution < -0.4 is 5.32 Å². The molecule has 2 N–H and O–H groups in total. The quantitative estimate of drug-likeness (QED) is 0.684. The van der Waals surface area contributed by atoms with E-state index >= 15 is 0 Å². The zero-order chi connectivity index (χ0) is 9.83. The highest BCUT2D eigenvalue weighted by atomic mass is 19.3. The van der Waals surface area contributed by atoms with E-state index in [9.17, 15) is 8.78 Å². The first-order valence-corrected chi connectivity index (χ1v) is 3.96. The molecule has 0 atom stereocenters. The van der Waals surface area contributed by atoms with Crippen LogP contribution in [0.3, 0.4) is 0 Å². The smallest absolute Gasteiger partial charge is 0.282 e. The predicted octanol–water partition coefficient (Wildman–Crippen LogP) is 1.25. The van der Waals surface area contributed by atoms with Crippen LogP contribution in [0, 0.1) is 5.41 Å². The van der Waals surface area contributed by atoms with Gasteiger partial charge in [-0.25, -0.2) is 8.78 Å². The van der Waals surface area contributed by atoms with Crippen molar-refractivity contribution in [2.45, 2.75) is 26.7 Å². The van der Waals surface area contributed by atoms with E-state index in [0.29, 0.717) is 6.54 Å². The maximum Gasteiger partial charge on any atom is 0.282 e. The zero-order valence-corrected chi connectivity index (χ0v) is 7.82. The summed E-state index contributed by atoms with van der Waals surface area (Å²) in [6.45, 7) is 4.83. The molecular weight excluding hydrogens is 164 g/mol. The van der Waals surface area contributed by atoms with Crippen molar-refractivity contribution in [1.29, 1.82) is 0 Å². The fourth-order valence-electron chi connectivity index (χ4n) is 0.676. The maximum absolute atomic E-state index is 12.4. The Morgan fingerprint density at radius 2 is 1.67 bits per heavy atom. The Bertz CT molecular complexity index is 132. The Labute approximate surface area is 72.0 Å². The molecule has 12 heavy (non-hydrogen) atoms. The fraction of sp³-hybridized carbons (Fsp3) is 1.00. The van der Waals surface area contributed by atoms with E-state index in [-0.39, 0.29) is 5.41 Å². The van der Waals surface area contributed by atoms with Crippen molar-refractivity contribution in [1.82, 2.24) is 5.32 Å². The monoisotopic (exact) mass is 181 g/mol. The number of hydrogen-bond donors (Lipinski definition) is 2. The molecule has 0 unspecified atom stereocenters. The Morgan fingerprint density at radius 1 is 1.17 bits per heavy atom. The van der Waals surface area contributed by atoms with Crippen LogP contribution in [0.5, 0.6) is 0 Å². The number of rotatable bonds is 4. The van der Waals surface area contributed by atoms with Gasteiger partial charge in [0.25, 0.3) is 5.92 Å². The molecule has 0 aromatic carbocycles. The van der Waals surface area contributed by atoms with Crippen molar-refractivity contribution in [2.75, 3.05) is 19.7 Å². The molecule has 0 heterocycles. The fourth-order valence-corrected chi connectivity index (χ4v) is 0.676. The summed E-state index contributed by atoms with van der Waals surface area (Å²) in [4.78, 5) is 0. The van der Waals surface area contributed by atoms with E-state index in [1.165, 1.54) is 0 Å². The third-order valence-electron chi connectivity index (χ3n) is 1.27. The highest BCUT2D eigenvalue weighted by Crippen LogP contribution is 2.13. The number of alkyl halides is 2. The van der Waals surface area contributed by atoms with Gasteiger partial charge in [-0.1, -0.05) is 20.8 Å². The van der Waals surface area contributed by atoms with Gasteiger partial charge in [-0.05, 0) is 5.41 Å². The molecule has 0 saturated carbocycles. The zero-order valence-electron chi connectivity index (χ0n) is 7.82. The van der Waals surface area contributed by atoms with Crippen LogP contribution in [-0.2, 0) is 0 Å². The molecule has 0 fully saturated rings. The summed E-state index contributed by atoms with van der Waals surface area (Å²) in [6.07, 6.45) is 0. The number of hydrogen-bond acceptors (Lipinski definition) is 2. The minimum Gasteiger partial charge on any atom is -0.390 e. The maximum atomic E-state index is 12.4. The van der Waals surface area contributed by atoms with E-state index in [0.717, 1.165) is 0 Å². The van der Waals surface area contributed by atoms with Gasteiger partial charge in [0.15, 0.2) is 0 Å². The Kier molecular flexibility index (Phi) is 4.06. The van der Waals surface area contributed by atoms with Crippen LogP contribution in [0.2, 0.25) is 0 Å². The van der Waals surface area contributed by atoms with Gasteiger partial charge in [0.05, 0.1) is 6.54 Å². The SMILES string of the molecule is CC(C)(C)CNCC(F)(F)CO. The molecule has 0 aromatic heterocycles. The highest BCUT2D eigenvalue weighted by Gasteiger charge is 2.27. The first kappa shape index (κ1) is 11.8. The summed E-state index contributed by atoms with van der Waals surface area (Å²) in [5.74, 6) is -2.99. The number of nitrogens with one attached hydrogen (secondary N) is 1. The third-order valence-corrected chi connectivity index (χ3v) is 1.27. The van der Waals surface area contributed by atoms with E-state index in [2.05, 4.69) is 5.32 Å². The van der Waals surface area contributed by atoms with Crippen molar-refractivity contribution >= 4 is 0 Å². The summed E-state index contributed by atoms with van der Waals surface area (Å²) in [5, 5.41) is 10.8. The Balaban J connectivity index is 3.57. The average Bonchev–Trinajstić information content (AvgIpc) is 1.84. The molecule has 0 bridgehead atoms. The van der Waals surface area contributed by atoms with Crippen LogP contribution >= 0.6 is 0 Å². The second-order valence-electron chi connectivity index (χ2n) is 4.18. The van der Waals surface area contributed by atoms with Gasteiger partial charge in [-0.15, -0.1) is 0 Å². The third kappa shape index (κ3) is 6.49. The number of aliphatic hydroxyl groups excluding tert-OH is 1. The molecule has 0 aromatic rings. The van der Waals surface area contributed by atoms with E-state index in [4.69, 9.17) is 5.11 Å². The van der Waals surface area contributed by atoms with E-state index in [1.54, 1.807) is 0 Å². The topological polar surface area (TPSA) is 32.3 Å². The summed E-state index contributed by atoms with van der Waals surface area (Å²) in [7, 11) is 0. The van der Waals surface area contributed by atoms with Crippen molar-refractivity contribution < 1.29 is 13.9 Å². The summed E-state index contributed by atoms with van der Waals surface area (Å²) >= 11 is 0. The first-order valence-electron chi connectivity index (χ1n) is 3.96. The van der Waals surface area contributed by atoms with Crippen LogP contribution in [0.1, 0.15) is 20.8 Å². The van der Waals surface area contributed by atoms with E-state index in [1.807, 2.05) is 20.8 Å². The van der Waals surface area contributed by atoms with Gasteiger partial charge in [0.1, 0.15) is 6.61 Å². The molecule has 2 nitrogen and oxygen atoms in total. The lowest BCUT2D eigenvalue weighted by Gasteiger charge is -2.21. The van der Waals surface area contributed by atoms with Crippen molar-refractivity contribution in [3.63, 3.8) is 0 Å². The van der Waals surface area contributed by atoms with Crippen LogP contribution in [0.4, 0.5) is 8.78 Å². The highest BCUT2D eigenvalue weighted by molar-refractivity contribution is 4.71. The van der Waals surface area contributed by atoms with Gasteiger partial charge in [0, 0.05) is 6.54 Å². The van der Waals surface area contributed by atoms with Crippen molar-refractivity contribution in [3.8, 4) is 0 Å². The molecule has 0 aliphatic rings. The van der Waals surface area contributed by atoms with Crippen LogP contribution in [-0.4, -0.2) is 30.7 Å². The molecule has 0 aliphatic heterocycles. The molecular formula is C8H17F2NO. The summed E-state index contributed by atoms with van der Waals surface area (Å²) < 4.78 is 24.8. The molecule has 0 aliphatic carbocycles. The lowest BCUT2D eigenvalue weighted by molar-refractivity contribution is -0.0484. The van der Waals surface area contributed by atoms with Gasteiger partial charge >= 0.3 is 0 Å². The second kappa shape index (κ2) is 4.14. The van der Waals surface area contributed by atoms with Gasteiger partial charge in [-0.2, -0.15) is 0 Å². The Morgan fingerprint density at radius 3 is 2.00 bits per heavy atom. The lowest BCUT2D eigenvalue weighted by Crippen LogP contribution is -2.39. The predicted molar refractivity (Wildman–Crippen MR) is 44.4 cm³/mol. The summed E-state index contributed by atoms with van der Waals surface area (Å²) in [6, 6.07) is 0. The molecule has 74 valence electrons. The molecule has 0 amide bonds. The minimum absolute atomic E-state index is 0.00840. The van der Waals surface area contributed by atoms with Crippen LogP contribution in [0.15, 0.2) is 0 Å². The minimum atomic E-state index is -2.99. The molecule has 0 rings (SSSR count). The van der Waals surface area contributed by atoms with Gasteiger partial charge < -0.3 is 10.4 Å². The summed E-state index contributed by atoms with van der Waals surface area (Å²) in [5.41, 5.74) is -0.00840. The standard InChI is InChI=1S/C8H17F2NO/c1-7(2,3)4-11-5-8(9,10)6-12/h11-12H,4-6H2,1-3H3. The van der Waals surface area contributed by atoms with Crippen molar-refractivity contribution in [3.05, 3.63) is 0 Å². The van der Waals surface area contributed by atoms with Gasteiger partial charge in [0.2, 0.25) is 0 Å². The molecule has 4 heteroatoms. The largest absolute Gasteiger partial charge is 0.390 e. The van der Waals surface area contributed by atoms with Crippen LogP contribution in [0.25, 0.3) is 0 Å².